The highest BCUT2D eigenvalue weighted by atomic mass is 16.7. The number of likely N-dealkylation sites (N-methyl/N-ethyl adjacent to an activating group) is 4. The van der Waals surface area contributed by atoms with Gasteiger partial charge in [-0.15, -0.1) is 0 Å². The first-order chi connectivity index (χ1) is 18.5. The second-order valence-corrected chi connectivity index (χ2v) is 8.62. The Morgan fingerprint density at radius 3 is 1.18 bits per heavy atom. The molecular formula is C27H24N4O8. The maximum absolute atomic E-state index is 12.6. The van der Waals surface area contributed by atoms with Gasteiger partial charge in [0.25, 0.3) is 23.6 Å². The lowest BCUT2D eigenvalue weighted by molar-refractivity contribution is -0.135. The molecule has 2 aliphatic heterocycles. The molecule has 0 unspecified atom stereocenters. The fraction of sp³-hybridized carbons (Fsp3) is 0.185. The van der Waals surface area contributed by atoms with Crippen LogP contribution in [0.5, 0.6) is 11.5 Å². The van der Waals surface area contributed by atoms with Crippen molar-refractivity contribution in [3.63, 3.8) is 0 Å². The van der Waals surface area contributed by atoms with Gasteiger partial charge in [0.05, 0.1) is 0 Å². The lowest BCUT2D eigenvalue weighted by Crippen LogP contribution is -2.52. The molecule has 4 rings (SSSR count). The standard InChI is InChI=1S/C27H24N4O8/c1-28-22(32)18(23(33)29(2)26(28)36)13-16-9-5-7-11-20(16)38-15-39-21-12-8-6-10-17(21)14-19-24(34)30(3)27(37)31(4)25(19)35/h5-14H,15H2,1-4H3. The van der Waals surface area contributed by atoms with Crippen LogP contribution in [-0.4, -0.2) is 90.3 Å². The number of imide groups is 4. The zero-order valence-corrected chi connectivity index (χ0v) is 21.5. The molecule has 0 saturated carbocycles. The Balaban J connectivity index is 1.54. The second-order valence-electron chi connectivity index (χ2n) is 8.62. The summed E-state index contributed by atoms with van der Waals surface area (Å²) in [5, 5.41) is 0. The molecule has 2 fully saturated rings. The van der Waals surface area contributed by atoms with Crippen molar-refractivity contribution in [3.8, 4) is 11.5 Å². The van der Waals surface area contributed by atoms with E-state index in [9.17, 15) is 28.8 Å². The van der Waals surface area contributed by atoms with E-state index in [4.69, 9.17) is 9.47 Å². The molecule has 2 aliphatic rings. The molecule has 0 spiro atoms. The van der Waals surface area contributed by atoms with Gasteiger partial charge in [-0.3, -0.25) is 38.8 Å². The van der Waals surface area contributed by atoms with Crippen molar-refractivity contribution in [2.24, 2.45) is 0 Å². The van der Waals surface area contributed by atoms with Crippen LogP contribution in [0.1, 0.15) is 11.1 Å². The van der Waals surface area contributed by atoms with Crippen LogP contribution in [0, 0.1) is 0 Å². The molecule has 2 heterocycles. The summed E-state index contributed by atoms with van der Waals surface area (Å²) >= 11 is 0. The molecule has 12 heteroatoms. The van der Waals surface area contributed by atoms with Crippen molar-refractivity contribution in [2.45, 2.75) is 0 Å². The maximum atomic E-state index is 12.6. The number of nitrogens with zero attached hydrogens (tertiary/aromatic N) is 4. The molecule has 0 aromatic heterocycles. The molecule has 12 nitrogen and oxygen atoms in total. The molecule has 0 atom stereocenters. The summed E-state index contributed by atoms with van der Waals surface area (Å²) in [5.41, 5.74) is 0.393. The zero-order valence-electron chi connectivity index (χ0n) is 21.5. The Morgan fingerprint density at radius 1 is 0.538 bits per heavy atom. The van der Waals surface area contributed by atoms with E-state index in [1.807, 2.05) is 0 Å². The summed E-state index contributed by atoms with van der Waals surface area (Å²) in [7, 11) is 5.14. The Morgan fingerprint density at radius 2 is 0.846 bits per heavy atom. The monoisotopic (exact) mass is 532 g/mol. The van der Waals surface area contributed by atoms with Gasteiger partial charge in [0.1, 0.15) is 22.6 Å². The Kier molecular flexibility index (Phi) is 7.29. The molecule has 2 aromatic carbocycles. The third-order valence-corrected chi connectivity index (χ3v) is 6.15. The maximum Gasteiger partial charge on any atom is 0.333 e. The lowest BCUT2D eigenvalue weighted by Gasteiger charge is -2.29. The van der Waals surface area contributed by atoms with Gasteiger partial charge in [-0.05, 0) is 24.3 Å². The number of hydrogen-bond acceptors (Lipinski definition) is 8. The fourth-order valence-corrected chi connectivity index (χ4v) is 3.88. The first-order valence-electron chi connectivity index (χ1n) is 11.6. The number of ether oxygens (including phenoxy) is 2. The first-order valence-corrected chi connectivity index (χ1v) is 11.6. The van der Waals surface area contributed by atoms with E-state index < -0.39 is 35.7 Å². The van der Waals surface area contributed by atoms with Gasteiger partial charge in [-0.25, -0.2) is 9.59 Å². The number of amides is 8. The normalized spacial score (nSPS) is 16.3. The van der Waals surface area contributed by atoms with E-state index in [0.29, 0.717) is 22.6 Å². The highest BCUT2D eigenvalue weighted by Gasteiger charge is 2.39. The smallest absolute Gasteiger partial charge is 0.333 e. The number of para-hydroxylation sites is 2. The first kappa shape index (κ1) is 26.8. The quantitative estimate of drug-likeness (QED) is 0.313. The molecule has 8 amide bonds. The minimum atomic E-state index is -0.735. The molecule has 2 aromatic rings. The van der Waals surface area contributed by atoms with Gasteiger partial charge < -0.3 is 9.47 Å². The average Bonchev–Trinajstić information content (AvgIpc) is 2.94. The van der Waals surface area contributed by atoms with E-state index in [1.54, 1.807) is 48.5 Å². The minimum Gasteiger partial charge on any atom is -0.457 e. The molecule has 2 saturated heterocycles. The van der Waals surface area contributed by atoms with Gasteiger partial charge in [-0.2, -0.15) is 0 Å². The van der Waals surface area contributed by atoms with Crippen molar-refractivity contribution in [1.29, 1.82) is 0 Å². The van der Waals surface area contributed by atoms with Crippen LogP contribution in [0.4, 0.5) is 9.59 Å². The summed E-state index contributed by atoms with van der Waals surface area (Å²) < 4.78 is 11.5. The van der Waals surface area contributed by atoms with Crippen LogP contribution in [0.25, 0.3) is 12.2 Å². The van der Waals surface area contributed by atoms with Crippen LogP contribution in [0.15, 0.2) is 59.7 Å². The molecule has 0 bridgehead atoms. The summed E-state index contributed by atoms with van der Waals surface area (Å²) in [5.74, 6) is -2.35. The predicted molar refractivity (Wildman–Crippen MR) is 137 cm³/mol. The van der Waals surface area contributed by atoms with Crippen molar-refractivity contribution >= 4 is 47.8 Å². The van der Waals surface area contributed by atoms with Crippen molar-refractivity contribution in [2.75, 3.05) is 35.0 Å². The Bertz CT molecular complexity index is 1320. The van der Waals surface area contributed by atoms with Crippen LogP contribution in [-0.2, 0) is 19.2 Å². The Hall–Kier alpha value is -5.26. The van der Waals surface area contributed by atoms with Crippen LogP contribution in [0.2, 0.25) is 0 Å². The van der Waals surface area contributed by atoms with E-state index in [1.165, 1.54) is 40.3 Å². The van der Waals surface area contributed by atoms with Crippen LogP contribution >= 0.6 is 0 Å². The van der Waals surface area contributed by atoms with Gasteiger partial charge in [0.2, 0.25) is 6.79 Å². The van der Waals surface area contributed by atoms with E-state index in [0.717, 1.165) is 19.6 Å². The SMILES string of the molecule is CN1C(=O)C(=Cc2ccccc2OCOc2ccccc2C=C2C(=O)N(C)C(=O)N(C)C2=O)C(=O)N(C)C1=O. The number of urea groups is 2. The summed E-state index contributed by atoms with van der Waals surface area (Å²) in [6.45, 7) is -0.305. The number of carbonyl (C=O) groups is 6. The van der Waals surface area contributed by atoms with Crippen LogP contribution in [0.3, 0.4) is 0 Å². The third-order valence-electron chi connectivity index (χ3n) is 6.15. The predicted octanol–water partition coefficient (Wildman–Crippen LogP) is 1.97. The number of carbonyl (C=O) groups excluding carboxylic acids is 6. The third kappa shape index (κ3) is 4.99. The molecule has 0 N–H and O–H groups in total. The summed E-state index contributed by atoms with van der Waals surface area (Å²) in [6.07, 6.45) is 2.68. The molecule has 0 aliphatic carbocycles. The minimum absolute atomic E-state index is 0.205. The van der Waals surface area contributed by atoms with Crippen molar-refractivity contribution in [3.05, 3.63) is 70.8 Å². The van der Waals surface area contributed by atoms with E-state index in [-0.39, 0.29) is 17.9 Å². The zero-order chi connectivity index (χ0) is 28.4. The largest absolute Gasteiger partial charge is 0.457 e. The molecule has 0 radical (unpaired) electrons. The highest BCUT2D eigenvalue weighted by molar-refractivity contribution is 6.31. The molecular weight excluding hydrogens is 508 g/mol. The van der Waals surface area contributed by atoms with Gasteiger partial charge in [0, 0.05) is 39.3 Å². The number of hydrogen-bond donors (Lipinski definition) is 0. The van der Waals surface area contributed by atoms with E-state index >= 15 is 0 Å². The van der Waals surface area contributed by atoms with Crippen molar-refractivity contribution in [1.82, 2.24) is 19.6 Å². The van der Waals surface area contributed by atoms with Crippen LogP contribution < -0.4 is 9.47 Å². The second kappa shape index (κ2) is 10.6. The number of barbiturate groups is 2. The molecule has 200 valence electrons. The van der Waals surface area contributed by atoms with Gasteiger partial charge in [-0.1, -0.05) is 36.4 Å². The topological polar surface area (TPSA) is 134 Å². The average molecular weight is 533 g/mol. The van der Waals surface area contributed by atoms with E-state index in [2.05, 4.69) is 0 Å². The number of benzene rings is 2. The van der Waals surface area contributed by atoms with Gasteiger partial charge >= 0.3 is 12.1 Å². The van der Waals surface area contributed by atoms with Crippen molar-refractivity contribution < 1.29 is 38.2 Å². The molecule has 39 heavy (non-hydrogen) atoms. The summed E-state index contributed by atoms with van der Waals surface area (Å²) in [4.78, 5) is 77.6. The van der Waals surface area contributed by atoms with Gasteiger partial charge in [0.15, 0.2) is 0 Å². The fourth-order valence-electron chi connectivity index (χ4n) is 3.88. The lowest BCUT2D eigenvalue weighted by atomic mass is 10.1. The Labute approximate surface area is 223 Å². The summed E-state index contributed by atoms with van der Waals surface area (Å²) in [6, 6.07) is 11.8. The number of rotatable bonds is 6. The highest BCUT2D eigenvalue weighted by Crippen LogP contribution is 2.27.